The number of aryl methyl sites for hydroxylation is 2. The van der Waals surface area contributed by atoms with Gasteiger partial charge in [0.2, 0.25) is 0 Å². The third-order valence-corrected chi connectivity index (χ3v) is 9.15. The molecule has 2 aromatic carbocycles. The number of rotatable bonds is 12. The lowest BCUT2D eigenvalue weighted by Crippen LogP contribution is -2.23. The zero-order valence-corrected chi connectivity index (χ0v) is 19.2. The van der Waals surface area contributed by atoms with E-state index >= 15 is 0 Å². The van der Waals surface area contributed by atoms with Crippen LogP contribution in [0.1, 0.15) is 37.8 Å². The summed E-state index contributed by atoms with van der Waals surface area (Å²) >= 11 is 0. The average Bonchev–Trinajstić information content (AvgIpc) is 2.67. The number of benzene rings is 2. The molecule has 2 aromatic rings. The fourth-order valence-corrected chi connectivity index (χ4v) is 6.84. The van der Waals surface area contributed by atoms with Gasteiger partial charge in [-0.05, 0) is 69.4 Å². The van der Waals surface area contributed by atoms with Gasteiger partial charge in [0, 0.05) is 0 Å². The molecule has 0 aliphatic heterocycles. The Hall–Kier alpha value is -1.70. The molecular formula is C21H29O7PS. The first-order valence-corrected chi connectivity index (χ1v) is 13.0. The van der Waals surface area contributed by atoms with E-state index < -0.39 is 22.7 Å². The molecule has 1 atom stereocenters. The standard InChI is InChI=1S/C21H29O7PS/c1-4-26-29(22,27-5-2)21(30(23,24)25)15-9-12-18-11-8-13-19(16-18)28-20-14-7-6-10-17(20)3/h6-8,10-11,13-14,16,21H,4-5,9,12,15H2,1-3H3,(H,23,24,25). The molecule has 0 spiro atoms. The monoisotopic (exact) mass is 456 g/mol. The van der Waals surface area contributed by atoms with Crippen LogP contribution in [0.5, 0.6) is 11.5 Å². The highest BCUT2D eigenvalue weighted by Gasteiger charge is 2.44. The van der Waals surface area contributed by atoms with Gasteiger partial charge in [0.05, 0.1) is 13.2 Å². The summed E-state index contributed by atoms with van der Waals surface area (Å²) in [5.74, 6) is 1.43. The van der Waals surface area contributed by atoms with E-state index in [9.17, 15) is 17.5 Å². The Morgan fingerprint density at radius 3 is 2.30 bits per heavy atom. The van der Waals surface area contributed by atoms with Crippen molar-refractivity contribution in [2.75, 3.05) is 13.2 Å². The molecule has 2 rings (SSSR count). The molecule has 1 unspecified atom stereocenters. The van der Waals surface area contributed by atoms with Crippen molar-refractivity contribution in [2.24, 2.45) is 0 Å². The summed E-state index contributed by atoms with van der Waals surface area (Å²) in [6.45, 7) is 5.17. The van der Waals surface area contributed by atoms with Crippen LogP contribution in [-0.4, -0.2) is 31.2 Å². The fourth-order valence-electron chi connectivity index (χ4n) is 3.08. The maximum absolute atomic E-state index is 12.9. The lowest BCUT2D eigenvalue weighted by molar-refractivity contribution is 0.215. The normalized spacial score (nSPS) is 13.2. The SMILES string of the molecule is CCOP(=O)(OCC)C(CCCc1cccc(Oc2ccccc2C)c1)S(=O)(=O)O. The Bertz CT molecular complexity index is 965. The summed E-state index contributed by atoms with van der Waals surface area (Å²) in [5, 5.41) is 0. The molecule has 9 heteroatoms. The molecule has 0 saturated heterocycles. The third kappa shape index (κ3) is 6.93. The van der Waals surface area contributed by atoms with Crippen LogP contribution in [0, 0.1) is 6.92 Å². The lowest BCUT2D eigenvalue weighted by atomic mass is 10.1. The minimum absolute atomic E-state index is 0.0155. The lowest BCUT2D eigenvalue weighted by Gasteiger charge is -2.24. The van der Waals surface area contributed by atoms with Crippen LogP contribution in [0.15, 0.2) is 48.5 Å². The Labute approximate surface area is 178 Å². The van der Waals surface area contributed by atoms with E-state index in [1.807, 2.05) is 55.5 Å². The quantitative estimate of drug-likeness (QED) is 0.328. The first kappa shape index (κ1) is 24.6. The molecule has 0 radical (unpaired) electrons. The summed E-state index contributed by atoms with van der Waals surface area (Å²) in [7, 11) is -8.61. The Kier molecular flexibility index (Phi) is 9.07. The van der Waals surface area contributed by atoms with Crippen molar-refractivity contribution in [2.45, 2.75) is 45.0 Å². The van der Waals surface area contributed by atoms with E-state index in [0.717, 1.165) is 16.9 Å². The predicted octanol–water partition coefficient (Wildman–Crippen LogP) is 5.59. The van der Waals surface area contributed by atoms with Gasteiger partial charge in [-0.1, -0.05) is 30.3 Å². The average molecular weight is 456 g/mol. The molecular weight excluding hydrogens is 427 g/mol. The zero-order chi connectivity index (χ0) is 22.2. The van der Waals surface area contributed by atoms with Crippen LogP contribution in [0.25, 0.3) is 0 Å². The smallest absolute Gasteiger partial charge is 0.351 e. The highest BCUT2D eigenvalue weighted by molar-refractivity contribution is 7.94. The topological polar surface area (TPSA) is 99.1 Å². The minimum Gasteiger partial charge on any atom is -0.457 e. The van der Waals surface area contributed by atoms with Crippen molar-refractivity contribution in [1.29, 1.82) is 0 Å². The molecule has 0 fully saturated rings. The molecule has 0 bridgehead atoms. The molecule has 0 saturated carbocycles. The molecule has 1 N–H and O–H groups in total. The van der Waals surface area contributed by atoms with Gasteiger partial charge in [-0.25, -0.2) is 0 Å². The summed E-state index contributed by atoms with van der Waals surface area (Å²) in [6, 6.07) is 15.2. The van der Waals surface area contributed by atoms with Crippen LogP contribution >= 0.6 is 7.60 Å². The summed E-state index contributed by atoms with van der Waals surface area (Å²) in [5.41, 5.74) is 1.94. The molecule has 30 heavy (non-hydrogen) atoms. The van der Waals surface area contributed by atoms with Gasteiger partial charge in [0.1, 0.15) is 11.5 Å². The molecule has 0 heterocycles. The summed E-state index contributed by atoms with van der Waals surface area (Å²) in [6.07, 6.45) is 0.816. The van der Waals surface area contributed by atoms with Gasteiger partial charge < -0.3 is 13.8 Å². The minimum atomic E-state index is -4.61. The van der Waals surface area contributed by atoms with Gasteiger partial charge in [0.15, 0.2) is 4.99 Å². The fraction of sp³-hybridized carbons (Fsp3) is 0.429. The second-order valence-corrected chi connectivity index (χ2v) is 10.9. The molecule has 0 amide bonds. The van der Waals surface area contributed by atoms with Crippen LogP contribution in [0.4, 0.5) is 0 Å². The molecule has 7 nitrogen and oxygen atoms in total. The third-order valence-electron chi connectivity index (χ3n) is 4.45. The maximum Gasteiger partial charge on any atom is 0.351 e. The van der Waals surface area contributed by atoms with E-state index in [0.29, 0.717) is 18.6 Å². The van der Waals surface area contributed by atoms with Crippen LogP contribution < -0.4 is 4.74 Å². The highest BCUT2D eigenvalue weighted by atomic mass is 32.2. The van der Waals surface area contributed by atoms with Crippen molar-refractivity contribution in [3.05, 3.63) is 59.7 Å². The zero-order valence-electron chi connectivity index (χ0n) is 17.5. The molecule has 166 valence electrons. The summed E-state index contributed by atoms with van der Waals surface area (Å²) < 4.78 is 62.4. The Morgan fingerprint density at radius 1 is 1.03 bits per heavy atom. The first-order valence-electron chi connectivity index (χ1n) is 9.87. The number of ether oxygens (including phenoxy) is 1. The number of para-hydroxylation sites is 1. The van der Waals surface area contributed by atoms with Gasteiger partial charge in [0.25, 0.3) is 10.1 Å². The van der Waals surface area contributed by atoms with Crippen LogP contribution in [0.3, 0.4) is 0 Å². The van der Waals surface area contributed by atoms with Crippen molar-refractivity contribution < 1.29 is 31.3 Å². The van der Waals surface area contributed by atoms with Crippen molar-refractivity contribution in [3.8, 4) is 11.5 Å². The maximum atomic E-state index is 12.9. The van der Waals surface area contributed by atoms with E-state index in [2.05, 4.69) is 0 Å². The van der Waals surface area contributed by atoms with Gasteiger partial charge >= 0.3 is 7.60 Å². The van der Waals surface area contributed by atoms with Crippen molar-refractivity contribution >= 4 is 17.7 Å². The predicted molar refractivity (Wildman–Crippen MR) is 117 cm³/mol. The molecule has 0 aliphatic carbocycles. The van der Waals surface area contributed by atoms with Gasteiger partial charge in [-0.3, -0.25) is 9.12 Å². The largest absolute Gasteiger partial charge is 0.457 e. The van der Waals surface area contributed by atoms with E-state index in [1.54, 1.807) is 13.8 Å². The van der Waals surface area contributed by atoms with Crippen LogP contribution in [0.2, 0.25) is 0 Å². The second-order valence-electron chi connectivity index (χ2n) is 6.75. The Morgan fingerprint density at radius 2 is 1.70 bits per heavy atom. The van der Waals surface area contributed by atoms with E-state index in [1.165, 1.54) is 0 Å². The molecule has 0 aliphatic rings. The van der Waals surface area contributed by atoms with Crippen LogP contribution in [-0.2, 0) is 30.2 Å². The Balaban J connectivity index is 2.08. The van der Waals surface area contributed by atoms with Gasteiger partial charge in [-0.15, -0.1) is 0 Å². The molecule has 0 aromatic heterocycles. The highest BCUT2D eigenvalue weighted by Crippen LogP contribution is 2.56. The second kappa shape index (κ2) is 11.1. The summed E-state index contributed by atoms with van der Waals surface area (Å²) in [4.78, 5) is -1.61. The van der Waals surface area contributed by atoms with E-state index in [4.69, 9.17) is 13.8 Å². The first-order chi connectivity index (χ1) is 14.2. The van der Waals surface area contributed by atoms with Crippen molar-refractivity contribution in [1.82, 2.24) is 0 Å². The van der Waals surface area contributed by atoms with Crippen molar-refractivity contribution in [3.63, 3.8) is 0 Å². The van der Waals surface area contributed by atoms with Gasteiger partial charge in [-0.2, -0.15) is 8.42 Å². The number of hydrogen-bond donors (Lipinski definition) is 1. The van der Waals surface area contributed by atoms with E-state index in [-0.39, 0.29) is 19.6 Å². The number of hydrogen-bond acceptors (Lipinski definition) is 6.